The van der Waals surface area contributed by atoms with Crippen molar-refractivity contribution in [2.24, 2.45) is 5.10 Å². The molecule has 0 atom stereocenters. The van der Waals surface area contributed by atoms with Crippen molar-refractivity contribution in [1.82, 2.24) is 5.43 Å². The first-order valence-electron chi connectivity index (χ1n) is 7.48. The van der Waals surface area contributed by atoms with Crippen LogP contribution in [0.15, 0.2) is 59.7 Å². The zero-order valence-corrected chi connectivity index (χ0v) is 13.3. The smallest absolute Gasteiger partial charge is 0.311 e. The summed E-state index contributed by atoms with van der Waals surface area (Å²) < 4.78 is 0. The van der Waals surface area contributed by atoms with Crippen LogP contribution in [-0.2, 0) is 0 Å². The van der Waals surface area contributed by atoms with Gasteiger partial charge in [0.1, 0.15) is 5.75 Å². The summed E-state index contributed by atoms with van der Waals surface area (Å²) in [5, 5.41) is 35.5. The number of hydrogen-bond donors (Lipinski definition) is 3. The van der Waals surface area contributed by atoms with Crippen molar-refractivity contribution < 1.29 is 19.9 Å². The molecule has 0 heterocycles. The second kappa shape index (κ2) is 6.89. The molecule has 3 N–H and O–H groups in total. The first kappa shape index (κ1) is 16.9. The van der Waals surface area contributed by atoms with Crippen LogP contribution in [0.1, 0.15) is 15.9 Å². The first-order chi connectivity index (χ1) is 12.5. The van der Waals surface area contributed by atoms with Crippen molar-refractivity contribution in [1.29, 1.82) is 0 Å². The van der Waals surface area contributed by atoms with Gasteiger partial charge in [-0.2, -0.15) is 5.10 Å². The van der Waals surface area contributed by atoms with Crippen LogP contribution in [0.4, 0.5) is 5.69 Å². The molecule has 1 amide bonds. The number of amides is 1. The third-order valence-corrected chi connectivity index (χ3v) is 3.68. The lowest BCUT2D eigenvalue weighted by molar-refractivity contribution is -0.385. The Hall–Kier alpha value is -3.94. The molecule has 3 aromatic rings. The van der Waals surface area contributed by atoms with Crippen molar-refractivity contribution in [3.8, 4) is 11.5 Å². The molecule has 0 aliphatic carbocycles. The third-order valence-electron chi connectivity index (χ3n) is 3.68. The van der Waals surface area contributed by atoms with Crippen LogP contribution >= 0.6 is 0 Å². The van der Waals surface area contributed by atoms with E-state index in [4.69, 9.17) is 0 Å². The number of phenols is 2. The summed E-state index contributed by atoms with van der Waals surface area (Å²) in [6.07, 6.45) is 1.20. The highest BCUT2D eigenvalue weighted by atomic mass is 16.6. The van der Waals surface area contributed by atoms with Crippen LogP contribution < -0.4 is 5.43 Å². The van der Waals surface area contributed by atoms with E-state index in [1.54, 1.807) is 6.07 Å². The van der Waals surface area contributed by atoms with E-state index in [-0.39, 0.29) is 11.3 Å². The topological polar surface area (TPSA) is 125 Å². The Morgan fingerprint density at radius 2 is 1.73 bits per heavy atom. The number of phenolic OH excluding ortho intramolecular Hbond substituents is 2. The number of aromatic hydroxyl groups is 2. The fourth-order valence-corrected chi connectivity index (χ4v) is 2.40. The summed E-state index contributed by atoms with van der Waals surface area (Å²) in [7, 11) is 0. The Kier molecular flexibility index (Phi) is 4.48. The summed E-state index contributed by atoms with van der Waals surface area (Å²) in [4.78, 5) is 22.3. The minimum Gasteiger partial charge on any atom is -0.507 e. The van der Waals surface area contributed by atoms with Gasteiger partial charge in [0.2, 0.25) is 0 Å². The lowest BCUT2D eigenvalue weighted by Gasteiger charge is -2.05. The number of hydrazone groups is 1. The van der Waals surface area contributed by atoms with Crippen LogP contribution in [0.2, 0.25) is 0 Å². The molecule has 8 heteroatoms. The number of rotatable bonds is 4. The lowest BCUT2D eigenvalue weighted by atomic mass is 10.1. The van der Waals surface area contributed by atoms with E-state index in [1.807, 2.05) is 24.3 Å². The number of benzene rings is 3. The molecule has 0 aromatic heterocycles. The van der Waals surface area contributed by atoms with Gasteiger partial charge in [0.05, 0.1) is 16.7 Å². The zero-order chi connectivity index (χ0) is 18.7. The van der Waals surface area contributed by atoms with Crippen molar-refractivity contribution in [3.05, 3.63) is 75.8 Å². The van der Waals surface area contributed by atoms with Gasteiger partial charge in [-0.1, -0.05) is 24.3 Å². The lowest BCUT2D eigenvalue weighted by Crippen LogP contribution is -2.17. The second-order valence-corrected chi connectivity index (χ2v) is 5.42. The fourth-order valence-electron chi connectivity index (χ4n) is 2.40. The third kappa shape index (κ3) is 3.44. The van der Waals surface area contributed by atoms with E-state index < -0.39 is 22.3 Å². The average molecular weight is 351 g/mol. The van der Waals surface area contributed by atoms with Crippen molar-refractivity contribution in [2.45, 2.75) is 0 Å². The quantitative estimate of drug-likeness (QED) is 0.378. The van der Waals surface area contributed by atoms with Crippen molar-refractivity contribution >= 4 is 28.6 Å². The molecule has 0 aliphatic heterocycles. The van der Waals surface area contributed by atoms with Gasteiger partial charge < -0.3 is 10.2 Å². The molecule has 0 aliphatic rings. The molecule has 0 unspecified atom stereocenters. The Balaban J connectivity index is 1.79. The largest absolute Gasteiger partial charge is 0.507 e. The van der Waals surface area contributed by atoms with Crippen LogP contribution in [0.25, 0.3) is 10.8 Å². The number of hydrogen-bond acceptors (Lipinski definition) is 6. The molecule has 0 bridgehead atoms. The van der Waals surface area contributed by atoms with Crippen LogP contribution in [-0.4, -0.2) is 27.3 Å². The number of nitro groups is 1. The fraction of sp³-hybridized carbons (Fsp3) is 0. The molecule has 8 nitrogen and oxygen atoms in total. The van der Waals surface area contributed by atoms with E-state index in [0.29, 0.717) is 5.56 Å². The normalized spacial score (nSPS) is 10.9. The van der Waals surface area contributed by atoms with Gasteiger partial charge in [0, 0.05) is 11.6 Å². The molecule has 0 saturated heterocycles. The van der Waals surface area contributed by atoms with E-state index in [9.17, 15) is 25.1 Å². The van der Waals surface area contributed by atoms with Gasteiger partial charge in [0.15, 0.2) is 5.75 Å². The van der Waals surface area contributed by atoms with Crippen molar-refractivity contribution in [3.63, 3.8) is 0 Å². The first-order valence-corrected chi connectivity index (χ1v) is 7.48. The van der Waals surface area contributed by atoms with Crippen LogP contribution in [0.3, 0.4) is 0 Å². The predicted molar refractivity (Wildman–Crippen MR) is 95.4 cm³/mol. The zero-order valence-electron chi connectivity index (χ0n) is 13.3. The summed E-state index contributed by atoms with van der Waals surface area (Å²) in [6, 6.07) is 14.0. The number of carbonyl (C=O) groups excluding carboxylic acids is 1. The van der Waals surface area contributed by atoms with Gasteiger partial charge in [0.25, 0.3) is 5.91 Å². The molecule has 0 fully saturated rings. The number of nitrogens with zero attached hydrogens (tertiary/aromatic N) is 2. The van der Waals surface area contributed by atoms with Crippen LogP contribution in [0, 0.1) is 10.1 Å². The molecule has 0 spiro atoms. The SMILES string of the molecule is O=C(N/N=C/c1ccc(O)c([N+](=O)[O-])c1)c1cc2ccccc2cc1O. The monoisotopic (exact) mass is 351 g/mol. The minimum atomic E-state index is -0.724. The highest BCUT2D eigenvalue weighted by Crippen LogP contribution is 2.26. The summed E-state index contributed by atoms with van der Waals surface area (Å²) >= 11 is 0. The van der Waals surface area contributed by atoms with E-state index in [1.165, 1.54) is 18.3 Å². The maximum atomic E-state index is 12.2. The van der Waals surface area contributed by atoms with E-state index in [0.717, 1.165) is 22.9 Å². The van der Waals surface area contributed by atoms with Gasteiger partial charge in [-0.05, 0) is 35.0 Å². The molecule has 0 radical (unpaired) electrons. The van der Waals surface area contributed by atoms with Gasteiger partial charge in [-0.15, -0.1) is 0 Å². The molecular formula is C18H13N3O5. The highest BCUT2D eigenvalue weighted by Gasteiger charge is 2.14. The van der Waals surface area contributed by atoms with E-state index in [2.05, 4.69) is 10.5 Å². The average Bonchev–Trinajstić information content (AvgIpc) is 2.62. The Morgan fingerprint density at radius 1 is 1.04 bits per heavy atom. The number of nitrogens with one attached hydrogen (secondary N) is 1. The van der Waals surface area contributed by atoms with E-state index >= 15 is 0 Å². The number of carbonyl (C=O) groups is 1. The highest BCUT2D eigenvalue weighted by molar-refractivity contribution is 6.01. The molecule has 130 valence electrons. The maximum absolute atomic E-state index is 12.2. The number of fused-ring (bicyclic) bond motifs is 1. The van der Waals surface area contributed by atoms with Crippen molar-refractivity contribution in [2.75, 3.05) is 0 Å². The Labute approximate surface area is 147 Å². The summed E-state index contributed by atoms with van der Waals surface area (Å²) in [5.74, 6) is -1.27. The second-order valence-electron chi connectivity index (χ2n) is 5.42. The molecular weight excluding hydrogens is 338 g/mol. The Morgan fingerprint density at radius 3 is 2.42 bits per heavy atom. The number of nitro benzene ring substituents is 1. The molecule has 3 aromatic carbocycles. The molecule has 0 saturated carbocycles. The standard InChI is InChI=1S/C18H13N3O5/c22-16-6-5-11(7-15(16)21(25)26)10-19-20-18(24)14-8-12-3-1-2-4-13(12)9-17(14)23/h1-10,22-23H,(H,20,24)/b19-10+. The minimum absolute atomic E-state index is 0.0533. The van der Waals surface area contributed by atoms with Crippen LogP contribution in [0.5, 0.6) is 11.5 Å². The molecule has 3 rings (SSSR count). The predicted octanol–water partition coefficient (Wildman–Crippen LogP) is 2.92. The summed E-state index contributed by atoms with van der Waals surface area (Å²) in [5.41, 5.74) is 2.16. The Bertz CT molecular complexity index is 1050. The van der Waals surface area contributed by atoms with Gasteiger partial charge in [-0.25, -0.2) is 5.43 Å². The maximum Gasteiger partial charge on any atom is 0.311 e. The van der Waals surface area contributed by atoms with Gasteiger partial charge in [-0.3, -0.25) is 14.9 Å². The molecule has 26 heavy (non-hydrogen) atoms. The summed E-state index contributed by atoms with van der Waals surface area (Å²) in [6.45, 7) is 0. The van der Waals surface area contributed by atoms with Gasteiger partial charge >= 0.3 is 5.69 Å².